The SMILES string of the molecule is C=C(CC)S(=O)(=O)c1ccccc1. The van der Waals surface area contributed by atoms with Gasteiger partial charge in [-0.15, -0.1) is 0 Å². The zero-order valence-corrected chi connectivity index (χ0v) is 8.34. The van der Waals surface area contributed by atoms with Crippen LogP contribution < -0.4 is 0 Å². The minimum Gasteiger partial charge on any atom is -0.219 e. The van der Waals surface area contributed by atoms with Crippen LogP contribution in [0.1, 0.15) is 13.3 Å². The molecule has 0 N–H and O–H groups in total. The van der Waals surface area contributed by atoms with Gasteiger partial charge < -0.3 is 0 Å². The summed E-state index contributed by atoms with van der Waals surface area (Å²) in [6.45, 7) is 5.31. The van der Waals surface area contributed by atoms with E-state index in [1.54, 1.807) is 37.3 Å². The van der Waals surface area contributed by atoms with Gasteiger partial charge in [0.15, 0.2) is 0 Å². The van der Waals surface area contributed by atoms with Crippen molar-refractivity contribution in [3.63, 3.8) is 0 Å². The molecule has 13 heavy (non-hydrogen) atoms. The number of hydrogen-bond donors (Lipinski definition) is 0. The van der Waals surface area contributed by atoms with Crippen LogP contribution in [0.4, 0.5) is 0 Å². The Hall–Kier alpha value is -1.09. The molecule has 1 aromatic rings. The number of sulfone groups is 1. The van der Waals surface area contributed by atoms with Crippen LogP contribution in [0.3, 0.4) is 0 Å². The predicted molar refractivity (Wildman–Crippen MR) is 53.1 cm³/mol. The van der Waals surface area contributed by atoms with Gasteiger partial charge in [-0.05, 0) is 18.6 Å². The van der Waals surface area contributed by atoms with Gasteiger partial charge in [0.25, 0.3) is 0 Å². The van der Waals surface area contributed by atoms with Crippen molar-refractivity contribution in [2.24, 2.45) is 0 Å². The minimum atomic E-state index is -3.28. The topological polar surface area (TPSA) is 34.1 Å². The first-order chi connectivity index (χ1) is 6.09. The minimum absolute atomic E-state index is 0.263. The summed E-state index contributed by atoms with van der Waals surface area (Å²) in [7, 11) is -3.28. The Morgan fingerprint density at radius 2 is 1.85 bits per heavy atom. The summed E-state index contributed by atoms with van der Waals surface area (Å²) in [6.07, 6.45) is 0.456. The standard InChI is InChI=1S/C10H12O2S/c1-3-9(2)13(11,12)10-7-5-4-6-8-10/h4-8H,2-3H2,1H3. The van der Waals surface area contributed by atoms with E-state index in [0.29, 0.717) is 11.3 Å². The molecule has 0 atom stereocenters. The molecule has 0 aliphatic carbocycles. The smallest absolute Gasteiger partial charge is 0.202 e. The highest BCUT2D eigenvalue weighted by atomic mass is 32.2. The molecule has 0 amide bonds. The fourth-order valence-electron chi connectivity index (χ4n) is 0.956. The number of benzene rings is 1. The van der Waals surface area contributed by atoms with Crippen molar-refractivity contribution in [3.8, 4) is 0 Å². The molecule has 2 nitrogen and oxygen atoms in total. The van der Waals surface area contributed by atoms with Crippen LogP contribution in [0.25, 0.3) is 0 Å². The molecule has 0 saturated heterocycles. The van der Waals surface area contributed by atoms with E-state index in [9.17, 15) is 8.42 Å². The van der Waals surface area contributed by atoms with Gasteiger partial charge in [0.2, 0.25) is 9.84 Å². The zero-order chi connectivity index (χ0) is 9.90. The van der Waals surface area contributed by atoms with E-state index in [4.69, 9.17) is 0 Å². The molecular formula is C10H12O2S. The first kappa shape index (κ1) is 9.99. The van der Waals surface area contributed by atoms with Crippen LogP contribution in [0.2, 0.25) is 0 Å². The van der Waals surface area contributed by atoms with Crippen molar-refractivity contribution < 1.29 is 8.42 Å². The number of rotatable bonds is 3. The highest BCUT2D eigenvalue weighted by molar-refractivity contribution is 7.95. The summed E-state index contributed by atoms with van der Waals surface area (Å²) in [5.41, 5.74) is 0. The molecule has 0 aliphatic rings. The van der Waals surface area contributed by atoms with E-state index in [1.807, 2.05) is 0 Å². The Morgan fingerprint density at radius 1 is 1.31 bits per heavy atom. The predicted octanol–water partition coefficient (Wildman–Crippen LogP) is 2.38. The second kappa shape index (κ2) is 3.75. The van der Waals surface area contributed by atoms with Gasteiger partial charge in [0.05, 0.1) is 4.90 Å². The summed E-state index contributed by atoms with van der Waals surface area (Å²) in [5, 5.41) is 0. The van der Waals surface area contributed by atoms with Gasteiger partial charge in [-0.2, -0.15) is 0 Å². The fourth-order valence-corrected chi connectivity index (χ4v) is 2.19. The molecule has 70 valence electrons. The molecule has 3 heteroatoms. The average molecular weight is 196 g/mol. The van der Waals surface area contributed by atoms with Crippen LogP contribution in [-0.2, 0) is 9.84 Å². The van der Waals surface area contributed by atoms with Gasteiger partial charge >= 0.3 is 0 Å². The lowest BCUT2D eigenvalue weighted by molar-refractivity contribution is 0.601. The maximum atomic E-state index is 11.7. The molecule has 0 bridgehead atoms. The van der Waals surface area contributed by atoms with Crippen LogP contribution >= 0.6 is 0 Å². The van der Waals surface area contributed by atoms with Crippen molar-refractivity contribution in [2.45, 2.75) is 18.2 Å². The largest absolute Gasteiger partial charge is 0.219 e. The van der Waals surface area contributed by atoms with Crippen molar-refractivity contribution >= 4 is 9.84 Å². The Balaban J connectivity index is 3.17. The van der Waals surface area contributed by atoms with Crippen molar-refractivity contribution in [1.82, 2.24) is 0 Å². The van der Waals surface area contributed by atoms with Crippen LogP contribution in [0, 0.1) is 0 Å². The third kappa shape index (κ3) is 1.98. The van der Waals surface area contributed by atoms with Crippen molar-refractivity contribution in [1.29, 1.82) is 0 Å². The maximum absolute atomic E-state index is 11.7. The number of allylic oxidation sites excluding steroid dienone is 1. The van der Waals surface area contributed by atoms with Gasteiger partial charge in [-0.25, -0.2) is 8.42 Å². The Bertz CT molecular complexity index is 390. The lowest BCUT2D eigenvalue weighted by atomic mass is 10.4. The van der Waals surface area contributed by atoms with E-state index < -0.39 is 9.84 Å². The monoisotopic (exact) mass is 196 g/mol. The molecule has 0 aromatic heterocycles. The lowest BCUT2D eigenvalue weighted by Gasteiger charge is -2.04. The lowest BCUT2D eigenvalue weighted by Crippen LogP contribution is -2.02. The van der Waals surface area contributed by atoms with Crippen LogP contribution in [-0.4, -0.2) is 8.42 Å². The van der Waals surface area contributed by atoms with Crippen LogP contribution in [0.5, 0.6) is 0 Å². The molecule has 1 rings (SSSR count). The summed E-state index contributed by atoms with van der Waals surface area (Å²) < 4.78 is 23.3. The quantitative estimate of drug-likeness (QED) is 0.743. The second-order valence-electron chi connectivity index (χ2n) is 2.71. The first-order valence-corrected chi connectivity index (χ1v) is 5.55. The Labute approximate surface area is 78.8 Å². The van der Waals surface area contributed by atoms with Gasteiger partial charge in [-0.1, -0.05) is 31.7 Å². The molecule has 0 saturated carbocycles. The second-order valence-corrected chi connectivity index (χ2v) is 4.76. The van der Waals surface area contributed by atoms with E-state index in [1.165, 1.54) is 0 Å². The zero-order valence-electron chi connectivity index (χ0n) is 7.53. The third-order valence-electron chi connectivity index (χ3n) is 1.83. The maximum Gasteiger partial charge on any atom is 0.202 e. The molecule has 0 unspecified atom stereocenters. The molecular weight excluding hydrogens is 184 g/mol. The highest BCUT2D eigenvalue weighted by Crippen LogP contribution is 2.18. The fraction of sp³-hybridized carbons (Fsp3) is 0.200. The van der Waals surface area contributed by atoms with E-state index >= 15 is 0 Å². The molecule has 0 spiro atoms. The molecule has 1 aromatic carbocycles. The molecule has 0 heterocycles. The normalized spacial score (nSPS) is 11.2. The van der Waals surface area contributed by atoms with Crippen LogP contribution in [0.15, 0.2) is 46.7 Å². The third-order valence-corrected chi connectivity index (χ3v) is 3.77. The summed E-state index contributed by atoms with van der Waals surface area (Å²) >= 11 is 0. The molecule has 0 radical (unpaired) electrons. The molecule has 0 aliphatic heterocycles. The van der Waals surface area contributed by atoms with Gasteiger partial charge in [0, 0.05) is 4.91 Å². The van der Waals surface area contributed by atoms with E-state index in [2.05, 4.69) is 6.58 Å². The van der Waals surface area contributed by atoms with Gasteiger partial charge in [-0.3, -0.25) is 0 Å². The Kier molecular flexibility index (Phi) is 2.88. The first-order valence-electron chi connectivity index (χ1n) is 4.07. The van der Waals surface area contributed by atoms with Crippen molar-refractivity contribution in [3.05, 3.63) is 41.8 Å². The van der Waals surface area contributed by atoms with E-state index in [0.717, 1.165) is 0 Å². The summed E-state index contributed by atoms with van der Waals surface area (Å²) in [5.74, 6) is 0. The summed E-state index contributed by atoms with van der Waals surface area (Å²) in [6, 6.07) is 8.35. The van der Waals surface area contributed by atoms with E-state index in [-0.39, 0.29) is 4.91 Å². The van der Waals surface area contributed by atoms with Crippen molar-refractivity contribution in [2.75, 3.05) is 0 Å². The summed E-state index contributed by atoms with van der Waals surface area (Å²) in [4.78, 5) is 0.584. The Morgan fingerprint density at radius 3 is 2.31 bits per heavy atom. The average Bonchev–Trinajstić information content (AvgIpc) is 2.18. The van der Waals surface area contributed by atoms with Gasteiger partial charge in [0.1, 0.15) is 0 Å². The number of hydrogen-bond acceptors (Lipinski definition) is 2. The highest BCUT2D eigenvalue weighted by Gasteiger charge is 2.15. The molecule has 0 fully saturated rings.